The molecule has 0 amide bonds. The molecule has 0 aliphatic carbocycles. The van der Waals surface area contributed by atoms with Gasteiger partial charge in [0.05, 0.1) is 11.6 Å². The third kappa shape index (κ3) is 5.96. The molecule has 1 saturated heterocycles. The van der Waals surface area contributed by atoms with Crippen LogP contribution in [-0.2, 0) is 13.0 Å². The molecule has 0 atom stereocenters. The van der Waals surface area contributed by atoms with Gasteiger partial charge in [0.2, 0.25) is 0 Å². The van der Waals surface area contributed by atoms with Gasteiger partial charge < -0.3 is 15.0 Å². The molecule has 0 spiro atoms. The largest absolute Gasteiger partial charge is 0.490 e. The van der Waals surface area contributed by atoms with Crippen molar-refractivity contribution in [3.63, 3.8) is 0 Å². The highest BCUT2D eigenvalue weighted by atomic mass is 32.1. The number of aliphatic imine (C=N–C) groups is 1. The van der Waals surface area contributed by atoms with Crippen LogP contribution in [0.1, 0.15) is 36.6 Å². The first-order valence-electron chi connectivity index (χ1n) is 9.75. The number of guanidine groups is 1. The Morgan fingerprint density at radius 3 is 2.70 bits per heavy atom. The zero-order valence-corrected chi connectivity index (χ0v) is 17.3. The molecule has 1 aromatic heterocycles. The number of aromatic nitrogens is 1. The molecule has 1 aliphatic heterocycles. The predicted molar refractivity (Wildman–Crippen MR) is 113 cm³/mol. The summed E-state index contributed by atoms with van der Waals surface area (Å²) in [6.45, 7) is 7.15. The molecule has 6 heteroatoms. The number of benzene rings is 1. The summed E-state index contributed by atoms with van der Waals surface area (Å²) in [5, 5.41) is 4.71. The van der Waals surface area contributed by atoms with Crippen molar-refractivity contribution in [2.45, 2.75) is 45.8 Å². The summed E-state index contributed by atoms with van der Waals surface area (Å²) < 4.78 is 6.09. The molecule has 1 N–H and O–H groups in total. The Hall–Kier alpha value is -2.08. The van der Waals surface area contributed by atoms with E-state index in [0.29, 0.717) is 5.92 Å². The first-order valence-corrected chi connectivity index (χ1v) is 10.6. The Morgan fingerprint density at radius 1 is 1.30 bits per heavy atom. The molecular weight excluding hydrogens is 356 g/mol. The maximum absolute atomic E-state index is 6.09. The van der Waals surface area contributed by atoms with Crippen LogP contribution in [0, 0.1) is 5.92 Å². The number of hydrogen-bond acceptors (Lipinski definition) is 4. The summed E-state index contributed by atoms with van der Waals surface area (Å²) in [6.07, 6.45) is 5.34. The molecule has 0 bridgehead atoms. The molecule has 2 heterocycles. The van der Waals surface area contributed by atoms with Crippen molar-refractivity contribution in [3.8, 4) is 5.75 Å². The van der Waals surface area contributed by atoms with E-state index in [2.05, 4.69) is 34.0 Å². The summed E-state index contributed by atoms with van der Waals surface area (Å²) in [6, 6.07) is 10.1. The van der Waals surface area contributed by atoms with Gasteiger partial charge in [-0.05, 0) is 18.1 Å². The standard InChI is InChI=1S/C21H30N4OS/c1-16(2)13-20-23-14-19(27-20)15-24-21(22-3)25-11-9-18(10-12-25)26-17-7-5-4-6-8-17/h4-8,14,16,18H,9-13,15H2,1-3H3,(H,22,24). The summed E-state index contributed by atoms with van der Waals surface area (Å²) in [5.41, 5.74) is 0. The second-order valence-electron chi connectivity index (χ2n) is 7.34. The van der Waals surface area contributed by atoms with Gasteiger partial charge in [-0.25, -0.2) is 4.98 Å². The Labute approximate surface area is 166 Å². The van der Waals surface area contributed by atoms with E-state index >= 15 is 0 Å². The number of para-hydroxylation sites is 1. The summed E-state index contributed by atoms with van der Waals surface area (Å²) >= 11 is 1.79. The van der Waals surface area contributed by atoms with Crippen molar-refractivity contribution in [2.75, 3.05) is 20.1 Å². The smallest absolute Gasteiger partial charge is 0.193 e. The minimum absolute atomic E-state index is 0.279. The number of piperidine rings is 1. The highest BCUT2D eigenvalue weighted by Crippen LogP contribution is 2.19. The lowest BCUT2D eigenvalue weighted by atomic mass is 10.1. The molecule has 0 radical (unpaired) electrons. The highest BCUT2D eigenvalue weighted by molar-refractivity contribution is 7.11. The highest BCUT2D eigenvalue weighted by Gasteiger charge is 2.22. The average Bonchev–Trinajstić information content (AvgIpc) is 3.11. The Bertz CT molecular complexity index is 721. The second-order valence-corrected chi connectivity index (χ2v) is 8.54. The van der Waals surface area contributed by atoms with E-state index in [1.54, 1.807) is 11.3 Å². The number of hydrogen-bond donors (Lipinski definition) is 1. The zero-order chi connectivity index (χ0) is 19.1. The van der Waals surface area contributed by atoms with Crippen LogP contribution in [0.2, 0.25) is 0 Å². The number of nitrogens with one attached hydrogen (secondary N) is 1. The van der Waals surface area contributed by atoms with Gasteiger partial charge in [0.15, 0.2) is 5.96 Å². The van der Waals surface area contributed by atoms with E-state index in [-0.39, 0.29) is 6.10 Å². The Balaban J connectivity index is 1.45. The van der Waals surface area contributed by atoms with Crippen LogP contribution < -0.4 is 10.1 Å². The minimum Gasteiger partial charge on any atom is -0.490 e. The van der Waals surface area contributed by atoms with Crippen LogP contribution in [-0.4, -0.2) is 42.1 Å². The van der Waals surface area contributed by atoms with Gasteiger partial charge in [0.25, 0.3) is 0 Å². The number of thiazole rings is 1. The number of nitrogens with zero attached hydrogens (tertiary/aromatic N) is 3. The SMILES string of the molecule is CN=C(NCc1cnc(CC(C)C)s1)N1CCC(Oc2ccccc2)CC1. The van der Waals surface area contributed by atoms with Gasteiger partial charge >= 0.3 is 0 Å². The molecule has 3 rings (SSSR count). The van der Waals surface area contributed by atoms with Crippen molar-refractivity contribution in [3.05, 3.63) is 46.4 Å². The molecule has 146 valence electrons. The summed E-state index contributed by atoms with van der Waals surface area (Å²) in [5.74, 6) is 2.57. The molecule has 1 fully saturated rings. The second kappa shape index (κ2) is 9.74. The molecule has 2 aromatic rings. The summed E-state index contributed by atoms with van der Waals surface area (Å²) in [4.78, 5) is 12.6. The van der Waals surface area contributed by atoms with E-state index in [1.165, 1.54) is 9.88 Å². The lowest BCUT2D eigenvalue weighted by molar-refractivity contribution is 0.129. The van der Waals surface area contributed by atoms with Crippen LogP contribution in [0.15, 0.2) is 41.5 Å². The quantitative estimate of drug-likeness (QED) is 0.603. The minimum atomic E-state index is 0.279. The van der Waals surface area contributed by atoms with Crippen molar-refractivity contribution in [1.29, 1.82) is 0 Å². The molecule has 1 aromatic carbocycles. The number of rotatable bonds is 6. The van der Waals surface area contributed by atoms with Crippen molar-refractivity contribution < 1.29 is 4.74 Å². The molecule has 0 unspecified atom stereocenters. The van der Waals surface area contributed by atoms with Crippen LogP contribution in [0.5, 0.6) is 5.75 Å². The van der Waals surface area contributed by atoms with Gasteiger partial charge in [0, 0.05) is 50.5 Å². The average molecular weight is 387 g/mol. The molecule has 1 aliphatic rings. The molecule has 0 saturated carbocycles. The first kappa shape index (κ1) is 19.7. The van der Waals surface area contributed by atoms with Gasteiger partial charge in [-0.2, -0.15) is 0 Å². The number of ether oxygens (including phenoxy) is 1. The molecular formula is C21H30N4OS. The number of likely N-dealkylation sites (tertiary alicyclic amines) is 1. The predicted octanol–water partition coefficient (Wildman–Crippen LogP) is 3.96. The van der Waals surface area contributed by atoms with E-state index < -0.39 is 0 Å². The van der Waals surface area contributed by atoms with Crippen molar-refractivity contribution >= 4 is 17.3 Å². The normalized spacial score (nSPS) is 16.0. The van der Waals surface area contributed by atoms with E-state index in [1.807, 2.05) is 43.6 Å². The van der Waals surface area contributed by atoms with Gasteiger partial charge in [-0.3, -0.25) is 4.99 Å². The lowest BCUT2D eigenvalue weighted by Crippen LogP contribution is -2.47. The lowest BCUT2D eigenvalue weighted by Gasteiger charge is -2.34. The van der Waals surface area contributed by atoms with Gasteiger partial charge in [0.1, 0.15) is 11.9 Å². The summed E-state index contributed by atoms with van der Waals surface area (Å²) in [7, 11) is 1.85. The maximum atomic E-state index is 6.09. The third-order valence-electron chi connectivity index (χ3n) is 4.60. The third-order valence-corrected chi connectivity index (χ3v) is 5.62. The fourth-order valence-electron chi connectivity index (χ4n) is 3.25. The van der Waals surface area contributed by atoms with E-state index in [9.17, 15) is 0 Å². The van der Waals surface area contributed by atoms with Gasteiger partial charge in [-0.15, -0.1) is 11.3 Å². The monoisotopic (exact) mass is 386 g/mol. The van der Waals surface area contributed by atoms with Crippen molar-refractivity contribution in [1.82, 2.24) is 15.2 Å². The van der Waals surface area contributed by atoms with Gasteiger partial charge in [-0.1, -0.05) is 32.0 Å². The zero-order valence-electron chi connectivity index (χ0n) is 16.5. The Morgan fingerprint density at radius 2 is 2.04 bits per heavy atom. The topological polar surface area (TPSA) is 49.8 Å². The van der Waals surface area contributed by atoms with Crippen LogP contribution in [0.3, 0.4) is 0 Å². The van der Waals surface area contributed by atoms with E-state index in [0.717, 1.165) is 50.6 Å². The fourth-order valence-corrected chi connectivity index (χ4v) is 4.32. The van der Waals surface area contributed by atoms with Crippen molar-refractivity contribution in [2.24, 2.45) is 10.9 Å². The molecule has 27 heavy (non-hydrogen) atoms. The fraction of sp³-hybridized carbons (Fsp3) is 0.524. The first-order chi connectivity index (χ1) is 13.1. The molecule has 5 nitrogen and oxygen atoms in total. The Kier molecular flexibility index (Phi) is 7.10. The maximum Gasteiger partial charge on any atom is 0.193 e. The van der Waals surface area contributed by atoms with E-state index in [4.69, 9.17) is 4.74 Å². The van der Waals surface area contributed by atoms with Crippen LogP contribution in [0.4, 0.5) is 0 Å². The van der Waals surface area contributed by atoms with Crippen LogP contribution in [0.25, 0.3) is 0 Å². The van der Waals surface area contributed by atoms with Crippen LogP contribution >= 0.6 is 11.3 Å².